The van der Waals surface area contributed by atoms with Crippen LogP contribution in [0.1, 0.15) is 44.1 Å². The molecule has 3 rings (SSSR count). The Morgan fingerprint density at radius 1 is 1.30 bits per heavy atom. The van der Waals surface area contributed by atoms with Gasteiger partial charge in [-0.25, -0.2) is 4.79 Å². The van der Waals surface area contributed by atoms with Gasteiger partial charge in [0.15, 0.2) is 0 Å². The molecule has 0 heterocycles. The van der Waals surface area contributed by atoms with Crippen LogP contribution in [0, 0.1) is 5.92 Å². The lowest BCUT2D eigenvalue weighted by atomic mass is 9.89. The van der Waals surface area contributed by atoms with Gasteiger partial charge in [-0.3, -0.25) is 0 Å². The summed E-state index contributed by atoms with van der Waals surface area (Å²) in [6.45, 7) is 0.754. The lowest BCUT2D eigenvalue weighted by molar-refractivity contribution is 0.298. The minimum Gasteiger partial charge on any atom is -0.493 e. The molecule has 2 fully saturated rings. The van der Waals surface area contributed by atoms with Crippen LogP contribution in [0.5, 0.6) is 5.75 Å². The molecule has 1 aromatic carbocycles. The number of rotatable bonds is 5. The van der Waals surface area contributed by atoms with Gasteiger partial charge in [0.2, 0.25) is 6.08 Å². The molecule has 0 aliphatic heterocycles. The van der Waals surface area contributed by atoms with E-state index in [2.05, 4.69) is 4.99 Å². The summed E-state index contributed by atoms with van der Waals surface area (Å²) >= 11 is 6.20. The second-order valence-electron chi connectivity index (χ2n) is 5.87. The van der Waals surface area contributed by atoms with E-state index in [4.69, 9.17) is 16.3 Å². The summed E-state index contributed by atoms with van der Waals surface area (Å²) in [6, 6.07) is 5.72. The minimum atomic E-state index is -0.440. The molecule has 106 valence electrons. The minimum absolute atomic E-state index is 0.440. The third-order valence-electron chi connectivity index (χ3n) is 4.28. The monoisotopic (exact) mass is 291 g/mol. The third-order valence-corrected chi connectivity index (χ3v) is 4.50. The van der Waals surface area contributed by atoms with E-state index in [9.17, 15) is 4.79 Å². The maximum atomic E-state index is 10.8. The topological polar surface area (TPSA) is 38.7 Å². The van der Waals surface area contributed by atoms with Gasteiger partial charge in [-0.05, 0) is 55.4 Å². The molecule has 2 aliphatic rings. The Morgan fingerprint density at radius 2 is 2.05 bits per heavy atom. The molecule has 0 saturated heterocycles. The second-order valence-corrected chi connectivity index (χ2v) is 6.31. The number of ether oxygens (including phenoxy) is 1. The average molecular weight is 292 g/mol. The molecular weight excluding hydrogens is 274 g/mol. The Hall–Kier alpha value is -1.31. The Kier molecular flexibility index (Phi) is 3.82. The van der Waals surface area contributed by atoms with Gasteiger partial charge >= 0.3 is 0 Å². The summed E-state index contributed by atoms with van der Waals surface area (Å²) in [5.74, 6) is 1.48. The molecule has 4 heteroatoms. The van der Waals surface area contributed by atoms with Crippen molar-refractivity contribution < 1.29 is 9.53 Å². The highest BCUT2D eigenvalue weighted by atomic mass is 35.5. The maximum Gasteiger partial charge on any atom is 0.235 e. The molecule has 0 amide bonds. The molecule has 0 spiro atoms. The van der Waals surface area contributed by atoms with Gasteiger partial charge in [0.05, 0.1) is 12.1 Å². The SMILES string of the molecule is O=C=NC1(c2cc(Cl)cc(OCC3CC3)c2)CCCC1. The van der Waals surface area contributed by atoms with Crippen molar-refractivity contribution in [3.8, 4) is 5.75 Å². The van der Waals surface area contributed by atoms with Crippen molar-refractivity contribution in [1.82, 2.24) is 0 Å². The summed E-state index contributed by atoms with van der Waals surface area (Å²) in [4.78, 5) is 14.9. The molecule has 0 atom stereocenters. The highest BCUT2D eigenvalue weighted by molar-refractivity contribution is 6.30. The van der Waals surface area contributed by atoms with Gasteiger partial charge in [0.1, 0.15) is 5.75 Å². The second kappa shape index (κ2) is 5.59. The fourth-order valence-corrected chi connectivity index (χ4v) is 3.15. The lowest BCUT2D eigenvalue weighted by Crippen LogP contribution is -2.19. The van der Waals surface area contributed by atoms with Crippen molar-refractivity contribution >= 4 is 17.7 Å². The van der Waals surface area contributed by atoms with Crippen molar-refractivity contribution in [2.75, 3.05) is 6.61 Å². The molecule has 20 heavy (non-hydrogen) atoms. The number of hydrogen-bond acceptors (Lipinski definition) is 3. The van der Waals surface area contributed by atoms with Crippen molar-refractivity contribution in [3.63, 3.8) is 0 Å². The number of carbonyl (C=O) groups excluding carboxylic acids is 1. The Balaban J connectivity index is 1.88. The van der Waals surface area contributed by atoms with Crippen LogP contribution >= 0.6 is 11.6 Å². The summed E-state index contributed by atoms with van der Waals surface area (Å²) in [5.41, 5.74) is 0.543. The number of aliphatic imine (C=N–C) groups is 1. The van der Waals surface area contributed by atoms with Crippen LogP contribution < -0.4 is 4.74 Å². The molecular formula is C16H18ClNO2. The van der Waals surface area contributed by atoms with Crippen molar-refractivity contribution in [2.45, 2.75) is 44.1 Å². The van der Waals surface area contributed by atoms with Gasteiger partial charge in [0, 0.05) is 5.02 Å². The van der Waals surface area contributed by atoms with E-state index in [-0.39, 0.29) is 0 Å². The Morgan fingerprint density at radius 3 is 2.70 bits per heavy atom. The van der Waals surface area contributed by atoms with E-state index in [1.165, 1.54) is 12.8 Å². The largest absolute Gasteiger partial charge is 0.493 e. The highest BCUT2D eigenvalue weighted by Gasteiger charge is 2.36. The van der Waals surface area contributed by atoms with Crippen LogP contribution in [-0.2, 0) is 10.3 Å². The molecule has 2 aliphatic carbocycles. The first-order chi connectivity index (χ1) is 9.72. The van der Waals surface area contributed by atoms with Gasteiger partial charge in [-0.1, -0.05) is 24.4 Å². The molecule has 3 nitrogen and oxygen atoms in total. The number of isocyanates is 1. The third kappa shape index (κ3) is 2.89. The molecule has 0 radical (unpaired) electrons. The lowest BCUT2D eigenvalue weighted by Gasteiger charge is -2.23. The predicted molar refractivity (Wildman–Crippen MR) is 77.9 cm³/mol. The van der Waals surface area contributed by atoms with Gasteiger partial charge in [0.25, 0.3) is 0 Å². The predicted octanol–water partition coefficient (Wildman–Crippen LogP) is 4.23. The highest BCUT2D eigenvalue weighted by Crippen LogP contribution is 2.44. The van der Waals surface area contributed by atoms with Crippen LogP contribution in [-0.4, -0.2) is 12.7 Å². The van der Waals surface area contributed by atoms with Gasteiger partial charge in [-0.2, -0.15) is 4.99 Å². The zero-order valence-electron chi connectivity index (χ0n) is 11.4. The molecule has 0 aromatic heterocycles. The molecule has 1 aromatic rings. The summed E-state index contributed by atoms with van der Waals surface area (Å²) in [5, 5.41) is 0.640. The van der Waals surface area contributed by atoms with Gasteiger partial charge < -0.3 is 4.74 Å². The number of nitrogens with zero attached hydrogens (tertiary/aromatic N) is 1. The van der Waals surface area contributed by atoms with E-state index < -0.39 is 5.54 Å². The maximum absolute atomic E-state index is 10.8. The molecule has 0 N–H and O–H groups in total. The van der Waals surface area contributed by atoms with E-state index in [0.29, 0.717) is 10.9 Å². The zero-order chi connectivity index (χ0) is 14.0. The number of hydrogen-bond donors (Lipinski definition) is 0. The van der Waals surface area contributed by atoms with Gasteiger partial charge in [-0.15, -0.1) is 0 Å². The first-order valence-corrected chi connectivity index (χ1v) is 7.62. The van der Waals surface area contributed by atoms with E-state index in [1.54, 1.807) is 6.08 Å². The van der Waals surface area contributed by atoms with Crippen molar-refractivity contribution in [2.24, 2.45) is 10.9 Å². The smallest absolute Gasteiger partial charge is 0.235 e. The van der Waals surface area contributed by atoms with Crippen LogP contribution in [0.15, 0.2) is 23.2 Å². The van der Waals surface area contributed by atoms with Crippen LogP contribution in [0.2, 0.25) is 5.02 Å². The molecule has 2 saturated carbocycles. The van der Waals surface area contributed by atoms with E-state index in [1.807, 2.05) is 18.2 Å². The number of benzene rings is 1. The fraction of sp³-hybridized carbons (Fsp3) is 0.562. The quantitative estimate of drug-likeness (QED) is 0.601. The average Bonchev–Trinajstić information content (AvgIpc) is 3.14. The van der Waals surface area contributed by atoms with Crippen LogP contribution in [0.4, 0.5) is 0 Å². The number of halogens is 1. The zero-order valence-corrected chi connectivity index (χ0v) is 12.2. The van der Waals surface area contributed by atoms with E-state index >= 15 is 0 Å². The summed E-state index contributed by atoms with van der Waals surface area (Å²) in [7, 11) is 0. The van der Waals surface area contributed by atoms with Crippen molar-refractivity contribution in [3.05, 3.63) is 28.8 Å². The molecule has 0 unspecified atom stereocenters. The standard InChI is InChI=1S/C16H18ClNO2/c17-14-7-13(16(18-11-19)5-1-2-6-16)8-15(9-14)20-10-12-3-4-12/h7-9,12H,1-6,10H2. The normalized spacial score (nSPS) is 20.4. The van der Waals surface area contributed by atoms with Crippen molar-refractivity contribution in [1.29, 1.82) is 0 Å². The summed E-state index contributed by atoms with van der Waals surface area (Å²) < 4.78 is 5.81. The van der Waals surface area contributed by atoms with Crippen LogP contribution in [0.25, 0.3) is 0 Å². The Bertz CT molecular complexity index is 541. The first-order valence-electron chi connectivity index (χ1n) is 7.25. The Labute approximate surface area is 124 Å². The summed E-state index contributed by atoms with van der Waals surface area (Å²) in [6.07, 6.45) is 8.17. The first kappa shape index (κ1) is 13.7. The van der Waals surface area contributed by atoms with E-state index in [0.717, 1.165) is 43.6 Å². The van der Waals surface area contributed by atoms with Crippen LogP contribution in [0.3, 0.4) is 0 Å². The molecule has 0 bridgehead atoms. The fourth-order valence-electron chi connectivity index (χ4n) is 2.93.